The summed E-state index contributed by atoms with van der Waals surface area (Å²) in [6, 6.07) is 3.62. The molecule has 1 heterocycles. The highest BCUT2D eigenvalue weighted by Gasteiger charge is 2.10. The number of nitrogens with zero attached hydrogens (tertiary/aromatic N) is 3. The number of anilines is 1. The lowest BCUT2D eigenvalue weighted by atomic mass is 10.2. The summed E-state index contributed by atoms with van der Waals surface area (Å²) >= 11 is 3.49. The molecule has 120 valence electrons. The zero-order valence-corrected chi connectivity index (χ0v) is 14.5. The molecule has 0 saturated carbocycles. The van der Waals surface area contributed by atoms with Crippen LogP contribution in [0.1, 0.15) is 18.2 Å². The third kappa shape index (κ3) is 4.27. The number of ether oxygens (including phenoxy) is 2. The minimum absolute atomic E-state index is 0.171. The molecule has 0 radical (unpaired) electrons. The summed E-state index contributed by atoms with van der Waals surface area (Å²) in [6.45, 7) is 4.43. The monoisotopic (exact) mass is 376 g/mol. The molecule has 1 aromatic heterocycles. The Morgan fingerprint density at radius 2 is 2.17 bits per heavy atom. The van der Waals surface area contributed by atoms with Crippen molar-refractivity contribution in [2.24, 2.45) is 5.10 Å². The van der Waals surface area contributed by atoms with Crippen molar-refractivity contribution in [2.75, 3.05) is 18.9 Å². The van der Waals surface area contributed by atoms with Gasteiger partial charge in [-0.3, -0.25) is 0 Å². The van der Waals surface area contributed by atoms with Gasteiger partial charge >= 0.3 is 0 Å². The van der Waals surface area contributed by atoms with E-state index in [1.54, 1.807) is 18.5 Å². The molecule has 6 nitrogen and oxygen atoms in total. The fraction of sp³-hybridized carbons (Fsp3) is 0.250. The average molecular weight is 377 g/mol. The summed E-state index contributed by atoms with van der Waals surface area (Å²) in [6.07, 6.45) is 8.63. The Bertz CT molecular complexity index is 762. The number of aromatic nitrogens is 2. The number of hydrogen-bond acceptors (Lipinski definition) is 5. The molecule has 0 spiro atoms. The van der Waals surface area contributed by atoms with Gasteiger partial charge in [0.05, 0.1) is 24.7 Å². The van der Waals surface area contributed by atoms with Crippen LogP contribution in [0, 0.1) is 19.3 Å². The van der Waals surface area contributed by atoms with Crippen LogP contribution in [0.3, 0.4) is 0 Å². The normalized spacial score (nSPS) is 10.7. The Morgan fingerprint density at radius 1 is 1.43 bits per heavy atom. The van der Waals surface area contributed by atoms with E-state index < -0.39 is 0 Å². The number of hydrogen-bond donors (Lipinski definition) is 1. The molecule has 0 bridgehead atoms. The highest BCUT2D eigenvalue weighted by Crippen LogP contribution is 2.33. The topological polar surface area (TPSA) is 74.7 Å². The molecule has 0 amide bonds. The fourth-order valence-corrected chi connectivity index (χ4v) is 2.30. The van der Waals surface area contributed by atoms with Crippen LogP contribution in [0.25, 0.3) is 0 Å². The molecule has 2 aromatic rings. The largest absolute Gasteiger partial charge is 0.490 e. The summed E-state index contributed by atoms with van der Waals surface area (Å²) in [5.41, 5.74) is 7.37. The molecule has 0 fully saturated rings. The first kappa shape index (κ1) is 16.9. The van der Waals surface area contributed by atoms with Crippen molar-refractivity contribution in [1.29, 1.82) is 0 Å². The van der Waals surface area contributed by atoms with E-state index in [1.807, 2.05) is 19.9 Å². The van der Waals surface area contributed by atoms with E-state index >= 15 is 0 Å². The number of nitrogen functional groups attached to an aromatic ring is 1. The van der Waals surface area contributed by atoms with Gasteiger partial charge in [0, 0.05) is 10.0 Å². The van der Waals surface area contributed by atoms with Crippen molar-refractivity contribution in [3.8, 4) is 23.8 Å². The van der Waals surface area contributed by atoms with Crippen LogP contribution in [0.5, 0.6) is 11.5 Å². The molecule has 1 aromatic carbocycles. The maximum absolute atomic E-state index is 5.76. The Kier molecular flexibility index (Phi) is 5.66. The number of benzene rings is 1. The maximum Gasteiger partial charge on any atom is 0.221 e. The van der Waals surface area contributed by atoms with Gasteiger partial charge in [-0.25, -0.2) is 9.66 Å². The summed E-state index contributed by atoms with van der Waals surface area (Å²) in [5, 5.41) is 4.30. The molecule has 0 atom stereocenters. The first-order valence-electron chi connectivity index (χ1n) is 6.93. The van der Waals surface area contributed by atoms with E-state index in [2.05, 4.69) is 31.9 Å². The maximum atomic E-state index is 5.76. The predicted octanol–water partition coefficient (Wildman–Crippen LogP) is 2.83. The van der Waals surface area contributed by atoms with Crippen LogP contribution >= 0.6 is 15.9 Å². The van der Waals surface area contributed by atoms with E-state index in [4.69, 9.17) is 21.6 Å². The molecular weight excluding hydrogens is 360 g/mol. The molecule has 0 aliphatic rings. The molecule has 2 N–H and O–H groups in total. The SMILES string of the molecule is C#CCOc1cc(Br)c(C=Nn2cc(C)nc2N)cc1OCC. The third-order valence-corrected chi connectivity index (χ3v) is 3.52. The van der Waals surface area contributed by atoms with Gasteiger partial charge in [0.15, 0.2) is 11.5 Å². The van der Waals surface area contributed by atoms with Crippen molar-refractivity contribution < 1.29 is 9.47 Å². The van der Waals surface area contributed by atoms with Crippen molar-refractivity contribution in [3.63, 3.8) is 0 Å². The van der Waals surface area contributed by atoms with E-state index in [-0.39, 0.29) is 6.61 Å². The Balaban J connectivity index is 2.33. The van der Waals surface area contributed by atoms with Crippen LogP contribution in [-0.2, 0) is 0 Å². The Morgan fingerprint density at radius 3 is 2.78 bits per heavy atom. The quantitative estimate of drug-likeness (QED) is 0.621. The van der Waals surface area contributed by atoms with Gasteiger partial charge in [-0.15, -0.1) is 6.42 Å². The lowest BCUT2D eigenvalue weighted by Crippen LogP contribution is -2.01. The number of halogens is 1. The lowest BCUT2D eigenvalue weighted by Gasteiger charge is -2.12. The number of nitrogens with two attached hydrogens (primary N) is 1. The average Bonchev–Trinajstić information content (AvgIpc) is 2.83. The second-order valence-electron chi connectivity index (χ2n) is 4.58. The molecule has 0 aliphatic carbocycles. The zero-order chi connectivity index (χ0) is 16.8. The minimum atomic E-state index is 0.171. The van der Waals surface area contributed by atoms with E-state index in [0.29, 0.717) is 24.1 Å². The molecule has 23 heavy (non-hydrogen) atoms. The van der Waals surface area contributed by atoms with Crippen LogP contribution in [0.2, 0.25) is 0 Å². The first-order chi connectivity index (χ1) is 11.0. The van der Waals surface area contributed by atoms with Gasteiger partial charge in [-0.05, 0) is 41.9 Å². The standard InChI is InChI=1S/C16H17BrN4O2/c1-4-6-23-15-8-13(17)12(7-14(15)22-5-2)9-19-21-10-11(3)20-16(21)18/h1,7-10H,5-6H2,2-3H3,(H2,18,20). The van der Waals surface area contributed by atoms with Gasteiger partial charge in [0.25, 0.3) is 0 Å². The molecule has 0 saturated heterocycles. The van der Waals surface area contributed by atoms with Gasteiger partial charge in [0.2, 0.25) is 5.95 Å². The van der Waals surface area contributed by atoms with Gasteiger partial charge < -0.3 is 15.2 Å². The molecule has 2 rings (SSSR count). The van der Waals surface area contributed by atoms with Crippen LogP contribution in [0.15, 0.2) is 27.9 Å². The summed E-state index contributed by atoms with van der Waals surface area (Å²) in [4.78, 5) is 4.09. The van der Waals surface area contributed by atoms with Gasteiger partial charge in [0.1, 0.15) is 6.61 Å². The van der Waals surface area contributed by atoms with Crippen LogP contribution in [0.4, 0.5) is 5.95 Å². The Labute approximate surface area is 143 Å². The van der Waals surface area contributed by atoms with Crippen LogP contribution in [-0.4, -0.2) is 29.1 Å². The molecule has 0 unspecified atom stereocenters. The van der Waals surface area contributed by atoms with Crippen molar-refractivity contribution in [2.45, 2.75) is 13.8 Å². The first-order valence-corrected chi connectivity index (χ1v) is 7.72. The smallest absolute Gasteiger partial charge is 0.221 e. The Hall–Kier alpha value is -2.46. The van der Waals surface area contributed by atoms with Gasteiger partial charge in [-0.1, -0.05) is 5.92 Å². The molecule has 7 heteroatoms. The van der Waals surface area contributed by atoms with E-state index in [9.17, 15) is 0 Å². The summed E-state index contributed by atoms with van der Waals surface area (Å²) < 4.78 is 13.4. The summed E-state index contributed by atoms with van der Waals surface area (Å²) in [5.74, 6) is 3.93. The van der Waals surface area contributed by atoms with Crippen LogP contribution < -0.4 is 15.2 Å². The fourth-order valence-electron chi connectivity index (χ4n) is 1.87. The van der Waals surface area contributed by atoms with Crippen molar-refractivity contribution in [1.82, 2.24) is 9.66 Å². The van der Waals surface area contributed by atoms with Gasteiger partial charge in [-0.2, -0.15) is 5.10 Å². The highest BCUT2D eigenvalue weighted by molar-refractivity contribution is 9.10. The summed E-state index contributed by atoms with van der Waals surface area (Å²) in [7, 11) is 0. The number of terminal acetylenes is 1. The third-order valence-electron chi connectivity index (χ3n) is 2.83. The zero-order valence-electron chi connectivity index (χ0n) is 12.9. The molecule has 0 aliphatic heterocycles. The number of imidazole rings is 1. The lowest BCUT2D eigenvalue weighted by molar-refractivity contribution is 0.299. The minimum Gasteiger partial charge on any atom is -0.490 e. The molecular formula is C16H17BrN4O2. The van der Waals surface area contributed by atoms with Crippen molar-refractivity contribution >= 4 is 28.1 Å². The second-order valence-corrected chi connectivity index (χ2v) is 5.43. The number of aryl methyl sites for hydroxylation is 1. The number of rotatable bonds is 6. The predicted molar refractivity (Wildman–Crippen MR) is 94.0 cm³/mol. The van der Waals surface area contributed by atoms with Crippen molar-refractivity contribution in [3.05, 3.63) is 34.1 Å². The van der Waals surface area contributed by atoms with E-state index in [0.717, 1.165) is 15.7 Å². The highest BCUT2D eigenvalue weighted by atomic mass is 79.9. The van der Waals surface area contributed by atoms with E-state index in [1.165, 1.54) is 4.68 Å². The second kappa shape index (κ2) is 7.70.